The average molecular weight is 332 g/mol. The zero-order chi connectivity index (χ0) is 13.1. The molecule has 2 rings (SSSR count). The minimum absolute atomic E-state index is 0.281. The minimum Gasteiger partial charge on any atom is -0.207 e. The van der Waals surface area contributed by atoms with E-state index in [1.54, 1.807) is 30.3 Å². The third-order valence-electron chi connectivity index (χ3n) is 2.66. The van der Waals surface area contributed by atoms with E-state index in [9.17, 15) is 8.78 Å². The van der Waals surface area contributed by atoms with E-state index in [-0.39, 0.29) is 16.5 Å². The van der Waals surface area contributed by atoms with Gasteiger partial charge in [0.15, 0.2) is 0 Å². The summed E-state index contributed by atoms with van der Waals surface area (Å²) in [5.74, 6) is -0.669. The van der Waals surface area contributed by atoms with Gasteiger partial charge in [-0.2, -0.15) is 0 Å². The van der Waals surface area contributed by atoms with Gasteiger partial charge in [0.25, 0.3) is 0 Å². The van der Waals surface area contributed by atoms with Gasteiger partial charge in [0.2, 0.25) is 0 Å². The fourth-order valence-corrected chi connectivity index (χ4v) is 2.60. The molecule has 2 aromatic carbocycles. The van der Waals surface area contributed by atoms with Gasteiger partial charge in [-0.1, -0.05) is 51.8 Å². The molecule has 0 aliphatic carbocycles. The number of hydrogen-bond donors (Lipinski definition) is 0. The lowest BCUT2D eigenvalue weighted by Gasteiger charge is -2.12. The van der Waals surface area contributed by atoms with Crippen LogP contribution >= 0.6 is 27.5 Å². The van der Waals surface area contributed by atoms with Crippen LogP contribution in [0.4, 0.5) is 8.78 Å². The quantitative estimate of drug-likeness (QED) is 0.670. The van der Waals surface area contributed by atoms with E-state index in [0.29, 0.717) is 22.6 Å². The van der Waals surface area contributed by atoms with Crippen molar-refractivity contribution in [2.45, 2.75) is 11.2 Å². The van der Waals surface area contributed by atoms with Gasteiger partial charge in [-0.25, -0.2) is 8.78 Å². The van der Waals surface area contributed by atoms with E-state index in [4.69, 9.17) is 11.6 Å². The molecule has 1 unspecified atom stereocenters. The molecular weight excluding hydrogens is 322 g/mol. The SMILES string of the molecule is Fc1ccccc1CC(Br)c1ccc(Cl)cc1F. The Morgan fingerprint density at radius 2 is 1.78 bits per heavy atom. The summed E-state index contributed by atoms with van der Waals surface area (Å²) in [7, 11) is 0. The maximum absolute atomic E-state index is 13.7. The molecule has 2 aromatic rings. The van der Waals surface area contributed by atoms with Gasteiger partial charge < -0.3 is 0 Å². The van der Waals surface area contributed by atoms with E-state index in [1.165, 1.54) is 12.1 Å². The number of hydrogen-bond acceptors (Lipinski definition) is 0. The van der Waals surface area contributed by atoms with Gasteiger partial charge in [0.1, 0.15) is 11.6 Å². The molecule has 0 amide bonds. The Kier molecular flexibility index (Phi) is 4.36. The van der Waals surface area contributed by atoms with Gasteiger partial charge in [-0.15, -0.1) is 0 Å². The molecule has 0 aromatic heterocycles. The van der Waals surface area contributed by atoms with Crippen LogP contribution in [0.25, 0.3) is 0 Å². The van der Waals surface area contributed by atoms with Crippen LogP contribution in [0.1, 0.15) is 16.0 Å². The molecule has 0 aliphatic rings. The fourth-order valence-electron chi connectivity index (χ4n) is 1.72. The lowest BCUT2D eigenvalue weighted by molar-refractivity contribution is 0.594. The molecular formula is C14H10BrClF2. The van der Waals surface area contributed by atoms with Crippen LogP contribution in [0.3, 0.4) is 0 Å². The maximum Gasteiger partial charge on any atom is 0.129 e. The Hall–Kier alpha value is -0.930. The van der Waals surface area contributed by atoms with Gasteiger partial charge in [-0.3, -0.25) is 0 Å². The molecule has 0 radical (unpaired) electrons. The molecule has 4 heteroatoms. The largest absolute Gasteiger partial charge is 0.207 e. The first-order valence-electron chi connectivity index (χ1n) is 5.40. The highest BCUT2D eigenvalue weighted by Crippen LogP contribution is 2.31. The molecule has 0 saturated carbocycles. The molecule has 18 heavy (non-hydrogen) atoms. The van der Waals surface area contributed by atoms with Crippen molar-refractivity contribution in [1.82, 2.24) is 0 Å². The van der Waals surface area contributed by atoms with Crippen LogP contribution in [-0.4, -0.2) is 0 Å². The Morgan fingerprint density at radius 3 is 2.44 bits per heavy atom. The zero-order valence-electron chi connectivity index (χ0n) is 9.34. The normalized spacial score (nSPS) is 12.4. The highest BCUT2D eigenvalue weighted by Gasteiger charge is 2.15. The van der Waals surface area contributed by atoms with E-state index in [2.05, 4.69) is 15.9 Å². The summed E-state index contributed by atoms with van der Waals surface area (Å²) in [6.45, 7) is 0. The van der Waals surface area contributed by atoms with Crippen LogP contribution in [0.5, 0.6) is 0 Å². The second kappa shape index (κ2) is 5.81. The smallest absolute Gasteiger partial charge is 0.129 e. The third kappa shape index (κ3) is 3.09. The Bertz CT molecular complexity index is 557. The summed E-state index contributed by atoms with van der Waals surface area (Å²) in [6.07, 6.45) is 0.380. The monoisotopic (exact) mass is 330 g/mol. The number of benzene rings is 2. The van der Waals surface area contributed by atoms with Crippen molar-refractivity contribution >= 4 is 27.5 Å². The molecule has 1 atom stereocenters. The minimum atomic E-state index is -0.388. The summed E-state index contributed by atoms with van der Waals surface area (Å²) in [5.41, 5.74) is 1.02. The van der Waals surface area contributed by atoms with E-state index < -0.39 is 0 Å². The summed E-state index contributed by atoms with van der Waals surface area (Å²) in [5, 5.41) is 0.349. The zero-order valence-corrected chi connectivity index (χ0v) is 11.7. The molecule has 0 heterocycles. The molecule has 0 bridgehead atoms. The van der Waals surface area contributed by atoms with E-state index in [0.717, 1.165) is 0 Å². The van der Waals surface area contributed by atoms with E-state index in [1.807, 2.05) is 0 Å². The van der Waals surface area contributed by atoms with Crippen LogP contribution in [0.2, 0.25) is 5.02 Å². The van der Waals surface area contributed by atoms with Gasteiger partial charge in [0.05, 0.1) is 0 Å². The van der Waals surface area contributed by atoms with Crippen LogP contribution < -0.4 is 0 Å². The Labute approximate surface area is 118 Å². The van der Waals surface area contributed by atoms with Crippen molar-refractivity contribution in [3.63, 3.8) is 0 Å². The molecule has 0 aliphatic heterocycles. The summed E-state index contributed by atoms with van der Waals surface area (Å²) < 4.78 is 27.2. The van der Waals surface area contributed by atoms with Crippen molar-refractivity contribution in [3.05, 3.63) is 70.2 Å². The average Bonchev–Trinajstić information content (AvgIpc) is 2.32. The molecule has 0 saturated heterocycles. The van der Waals surface area contributed by atoms with Crippen LogP contribution in [0, 0.1) is 11.6 Å². The second-order valence-corrected chi connectivity index (χ2v) is 5.47. The second-order valence-electron chi connectivity index (χ2n) is 3.93. The van der Waals surface area contributed by atoms with Gasteiger partial charge >= 0.3 is 0 Å². The van der Waals surface area contributed by atoms with Gasteiger partial charge in [-0.05, 0) is 30.2 Å². The molecule has 94 valence electrons. The first-order valence-corrected chi connectivity index (χ1v) is 6.69. The third-order valence-corrected chi connectivity index (χ3v) is 3.71. The Morgan fingerprint density at radius 1 is 1.06 bits per heavy atom. The Balaban J connectivity index is 2.22. The molecule has 0 spiro atoms. The van der Waals surface area contributed by atoms with Gasteiger partial charge in [0, 0.05) is 15.4 Å². The number of alkyl halides is 1. The molecule has 0 fully saturated rings. The van der Waals surface area contributed by atoms with Crippen LogP contribution in [-0.2, 0) is 6.42 Å². The lowest BCUT2D eigenvalue weighted by atomic mass is 10.0. The summed E-state index contributed by atoms with van der Waals surface area (Å²) in [6, 6.07) is 11.0. The number of halogens is 4. The number of rotatable bonds is 3. The fraction of sp³-hybridized carbons (Fsp3) is 0.143. The first-order chi connectivity index (χ1) is 8.58. The topological polar surface area (TPSA) is 0 Å². The highest BCUT2D eigenvalue weighted by atomic mass is 79.9. The van der Waals surface area contributed by atoms with Crippen molar-refractivity contribution < 1.29 is 8.78 Å². The van der Waals surface area contributed by atoms with Crippen LogP contribution in [0.15, 0.2) is 42.5 Å². The molecule has 0 nitrogen and oxygen atoms in total. The standard InChI is InChI=1S/C14H10BrClF2/c15-12(7-9-3-1-2-4-13(9)17)11-6-5-10(16)8-14(11)18/h1-6,8,12H,7H2. The highest BCUT2D eigenvalue weighted by molar-refractivity contribution is 9.09. The predicted molar refractivity (Wildman–Crippen MR) is 73.2 cm³/mol. The van der Waals surface area contributed by atoms with Crippen molar-refractivity contribution in [2.75, 3.05) is 0 Å². The van der Waals surface area contributed by atoms with Crippen molar-refractivity contribution in [3.8, 4) is 0 Å². The van der Waals surface area contributed by atoms with E-state index >= 15 is 0 Å². The molecule has 0 N–H and O–H groups in total. The maximum atomic E-state index is 13.7. The van der Waals surface area contributed by atoms with Crippen molar-refractivity contribution in [2.24, 2.45) is 0 Å². The first kappa shape index (κ1) is 13.5. The summed E-state index contributed by atoms with van der Waals surface area (Å²) in [4.78, 5) is -0.285. The predicted octanol–water partition coefficient (Wildman–Crippen LogP) is 5.30. The lowest BCUT2D eigenvalue weighted by Crippen LogP contribution is -2.00. The summed E-state index contributed by atoms with van der Waals surface area (Å²) >= 11 is 9.07. The van der Waals surface area contributed by atoms with Crippen molar-refractivity contribution in [1.29, 1.82) is 0 Å².